The molecule has 0 atom stereocenters. The third-order valence-electron chi connectivity index (χ3n) is 3.73. The van der Waals surface area contributed by atoms with Gasteiger partial charge in [-0.1, -0.05) is 12.1 Å². The first-order valence-corrected chi connectivity index (χ1v) is 7.67. The molecule has 0 radical (unpaired) electrons. The maximum Gasteiger partial charge on any atom is 0.417 e. The molecule has 1 heterocycles. The zero-order valence-electron chi connectivity index (χ0n) is 12.2. The number of likely N-dealkylation sites (tertiary alicyclic amines) is 1. The van der Waals surface area contributed by atoms with E-state index in [2.05, 4.69) is 5.32 Å². The van der Waals surface area contributed by atoms with Crippen molar-refractivity contribution in [2.45, 2.75) is 25.1 Å². The van der Waals surface area contributed by atoms with Gasteiger partial charge >= 0.3 is 6.18 Å². The fraction of sp³-hybridized carbons (Fsp3) is 0.467. The zero-order chi connectivity index (χ0) is 17.0. The van der Waals surface area contributed by atoms with Gasteiger partial charge in [-0.2, -0.15) is 13.2 Å². The van der Waals surface area contributed by atoms with Gasteiger partial charge in [0, 0.05) is 19.1 Å². The molecule has 1 aromatic rings. The molecule has 0 bridgehead atoms. The van der Waals surface area contributed by atoms with Crippen LogP contribution < -0.4 is 5.32 Å². The average molecular weight is 349 g/mol. The molecule has 0 unspecified atom stereocenters. The van der Waals surface area contributed by atoms with Gasteiger partial charge in [0.25, 0.3) is 5.91 Å². The Hall–Kier alpha value is -1.76. The third kappa shape index (κ3) is 4.37. The summed E-state index contributed by atoms with van der Waals surface area (Å²) in [4.78, 5) is 25.0. The Morgan fingerprint density at radius 2 is 1.83 bits per heavy atom. The number of hydrogen-bond donors (Lipinski definition) is 1. The van der Waals surface area contributed by atoms with Crippen LogP contribution in [0.3, 0.4) is 0 Å². The largest absolute Gasteiger partial charge is 0.417 e. The highest BCUT2D eigenvalue weighted by Gasteiger charge is 2.36. The lowest BCUT2D eigenvalue weighted by atomic mass is 10.0. The van der Waals surface area contributed by atoms with Gasteiger partial charge in [0.15, 0.2) is 0 Å². The van der Waals surface area contributed by atoms with Crippen molar-refractivity contribution in [2.75, 3.05) is 19.0 Å². The van der Waals surface area contributed by atoms with Gasteiger partial charge in [-0.15, -0.1) is 11.6 Å². The number of alkyl halides is 4. The van der Waals surface area contributed by atoms with Crippen molar-refractivity contribution in [1.29, 1.82) is 0 Å². The van der Waals surface area contributed by atoms with Crippen molar-refractivity contribution in [3.8, 4) is 0 Å². The standard InChI is InChI=1S/C15H16ClF3N2O2/c16-9-13(22)20-10-5-7-21(8-6-10)14(23)11-3-1-2-4-12(11)15(17,18)19/h1-4,10H,5-9H2,(H,20,22). The second-order valence-corrected chi connectivity index (χ2v) is 5.58. The normalized spacial score (nSPS) is 16.3. The van der Waals surface area contributed by atoms with E-state index in [9.17, 15) is 22.8 Å². The molecule has 1 aliphatic heterocycles. The van der Waals surface area contributed by atoms with Crippen LogP contribution in [-0.4, -0.2) is 41.7 Å². The first kappa shape index (κ1) is 17.6. The van der Waals surface area contributed by atoms with Crippen LogP contribution in [0, 0.1) is 0 Å². The molecular weight excluding hydrogens is 333 g/mol. The van der Waals surface area contributed by atoms with Crippen molar-refractivity contribution in [3.63, 3.8) is 0 Å². The number of piperidine rings is 1. The van der Waals surface area contributed by atoms with E-state index in [1.807, 2.05) is 0 Å². The molecule has 1 N–H and O–H groups in total. The number of nitrogens with one attached hydrogen (secondary N) is 1. The Bertz CT molecular complexity index is 584. The van der Waals surface area contributed by atoms with Gasteiger partial charge in [-0.05, 0) is 25.0 Å². The summed E-state index contributed by atoms with van der Waals surface area (Å²) >= 11 is 5.41. The second-order valence-electron chi connectivity index (χ2n) is 5.31. The number of carbonyl (C=O) groups excluding carboxylic acids is 2. The molecule has 4 nitrogen and oxygen atoms in total. The molecule has 1 aliphatic rings. The maximum absolute atomic E-state index is 13.0. The van der Waals surface area contributed by atoms with Crippen LogP contribution in [0.25, 0.3) is 0 Å². The van der Waals surface area contributed by atoms with E-state index in [0.717, 1.165) is 6.07 Å². The van der Waals surface area contributed by atoms with Crippen molar-refractivity contribution in [1.82, 2.24) is 10.2 Å². The number of halogens is 4. The number of hydrogen-bond acceptors (Lipinski definition) is 2. The Morgan fingerprint density at radius 3 is 2.39 bits per heavy atom. The molecule has 0 spiro atoms. The molecule has 0 saturated carbocycles. The topological polar surface area (TPSA) is 49.4 Å². The van der Waals surface area contributed by atoms with E-state index in [1.54, 1.807) is 0 Å². The van der Waals surface area contributed by atoms with Crippen molar-refractivity contribution in [2.24, 2.45) is 0 Å². The molecule has 1 fully saturated rings. The van der Waals surface area contributed by atoms with Crippen LogP contribution >= 0.6 is 11.6 Å². The Labute approximate surface area is 136 Å². The highest BCUT2D eigenvalue weighted by Crippen LogP contribution is 2.32. The van der Waals surface area contributed by atoms with Crippen molar-refractivity contribution >= 4 is 23.4 Å². The van der Waals surface area contributed by atoms with Crippen LogP contribution in [0.4, 0.5) is 13.2 Å². The summed E-state index contributed by atoms with van der Waals surface area (Å²) in [6, 6.07) is 4.65. The van der Waals surface area contributed by atoms with Gasteiger partial charge in [-0.25, -0.2) is 0 Å². The zero-order valence-corrected chi connectivity index (χ0v) is 13.0. The third-order valence-corrected chi connectivity index (χ3v) is 3.97. The molecule has 8 heteroatoms. The van der Waals surface area contributed by atoms with Crippen LogP contribution in [0.2, 0.25) is 0 Å². The minimum Gasteiger partial charge on any atom is -0.352 e. The summed E-state index contributed by atoms with van der Waals surface area (Å²) in [5, 5.41) is 2.71. The van der Waals surface area contributed by atoms with E-state index >= 15 is 0 Å². The molecule has 126 valence electrons. The predicted octanol–water partition coefficient (Wildman–Crippen LogP) is 2.67. The minimum absolute atomic E-state index is 0.108. The van der Waals surface area contributed by atoms with E-state index in [4.69, 9.17) is 11.6 Å². The van der Waals surface area contributed by atoms with Crippen LogP contribution in [-0.2, 0) is 11.0 Å². The number of benzene rings is 1. The average Bonchev–Trinajstić information content (AvgIpc) is 2.54. The molecule has 2 rings (SSSR count). The molecule has 1 saturated heterocycles. The molecule has 1 aromatic carbocycles. The highest BCUT2D eigenvalue weighted by molar-refractivity contribution is 6.27. The Morgan fingerprint density at radius 1 is 1.22 bits per heavy atom. The fourth-order valence-corrected chi connectivity index (χ4v) is 2.66. The van der Waals surface area contributed by atoms with Crippen molar-refractivity contribution < 1.29 is 22.8 Å². The quantitative estimate of drug-likeness (QED) is 0.854. The second kappa shape index (κ2) is 7.21. The lowest BCUT2D eigenvalue weighted by Crippen LogP contribution is -2.47. The Balaban J connectivity index is 2.05. The monoisotopic (exact) mass is 348 g/mol. The van der Waals surface area contributed by atoms with Gasteiger partial charge in [0.1, 0.15) is 5.88 Å². The lowest BCUT2D eigenvalue weighted by Gasteiger charge is -2.32. The fourth-order valence-electron chi connectivity index (χ4n) is 2.58. The van der Waals surface area contributed by atoms with Crippen LogP contribution in [0.5, 0.6) is 0 Å². The summed E-state index contributed by atoms with van der Waals surface area (Å²) in [7, 11) is 0. The summed E-state index contributed by atoms with van der Waals surface area (Å²) in [6.07, 6.45) is -3.59. The summed E-state index contributed by atoms with van der Waals surface area (Å²) in [5.74, 6) is -1.07. The number of rotatable bonds is 3. The van der Waals surface area contributed by atoms with Crippen LogP contribution in [0.1, 0.15) is 28.8 Å². The predicted molar refractivity (Wildman–Crippen MR) is 79.2 cm³/mol. The number of carbonyl (C=O) groups is 2. The van der Waals surface area contributed by atoms with Gasteiger partial charge in [-0.3, -0.25) is 9.59 Å². The van der Waals surface area contributed by atoms with Crippen molar-refractivity contribution in [3.05, 3.63) is 35.4 Å². The van der Waals surface area contributed by atoms with E-state index in [1.165, 1.54) is 23.1 Å². The van der Waals surface area contributed by atoms with Gasteiger partial charge < -0.3 is 10.2 Å². The smallest absolute Gasteiger partial charge is 0.352 e. The number of nitrogens with zero attached hydrogens (tertiary/aromatic N) is 1. The molecular formula is C15H16ClF3N2O2. The van der Waals surface area contributed by atoms with E-state index in [0.29, 0.717) is 12.8 Å². The summed E-state index contributed by atoms with van der Waals surface area (Å²) in [5.41, 5.74) is -1.27. The highest BCUT2D eigenvalue weighted by atomic mass is 35.5. The number of amides is 2. The molecule has 0 aliphatic carbocycles. The maximum atomic E-state index is 13.0. The van der Waals surface area contributed by atoms with E-state index < -0.39 is 17.6 Å². The first-order chi connectivity index (χ1) is 10.8. The summed E-state index contributed by atoms with van der Waals surface area (Å²) < 4.78 is 39.0. The molecule has 0 aromatic heterocycles. The minimum atomic E-state index is -4.57. The lowest BCUT2D eigenvalue weighted by molar-refractivity contribution is -0.138. The summed E-state index contributed by atoms with van der Waals surface area (Å²) in [6.45, 7) is 0.580. The molecule has 2 amide bonds. The van der Waals surface area contributed by atoms with Crippen LogP contribution in [0.15, 0.2) is 24.3 Å². The molecule has 23 heavy (non-hydrogen) atoms. The Kier molecular flexibility index (Phi) is 5.51. The van der Waals surface area contributed by atoms with Gasteiger partial charge in [0.05, 0.1) is 11.1 Å². The first-order valence-electron chi connectivity index (χ1n) is 7.13. The van der Waals surface area contributed by atoms with E-state index in [-0.39, 0.29) is 36.5 Å². The SMILES string of the molecule is O=C(CCl)NC1CCN(C(=O)c2ccccc2C(F)(F)F)CC1. The van der Waals surface area contributed by atoms with Gasteiger partial charge in [0.2, 0.25) is 5.91 Å².